The van der Waals surface area contributed by atoms with Crippen LogP contribution in [0.3, 0.4) is 0 Å². The summed E-state index contributed by atoms with van der Waals surface area (Å²) in [6, 6.07) is 1.68. The van der Waals surface area contributed by atoms with E-state index in [9.17, 15) is 9.59 Å². The maximum absolute atomic E-state index is 12.0. The lowest BCUT2D eigenvalue weighted by molar-refractivity contribution is -0.156. The normalized spacial score (nSPS) is 25.8. The standard InChI is InChI=1S/C14H23N3O3/c1-8-10(6-13(19)20-14(3,4)5)9(2)17-11(15-8)7-12(18)16-17/h7-10,15H,6H2,1-5H3,(H,16,18). The van der Waals surface area contributed by atoms with Crippen LogP contribution in [0.2, 0.25) is 0 Å². The molecule has 2 rings (SSSR count). The van der Waals surface area contributed by atoms with Gasteiger partial charge in [-0.15, -0.1) is 0 Å². The lowest BCUT2D eigenvalue weighted by Crippen LogP contribution is -2.40. The van der Waals surface area contributed by atoms with Gasteiger partial charge in [-0.05, 0) is 34.6 Å². The molecule has 2 heterocycles. The lowest BCUT2D eigenvalue weighted by Gasteiger charge is -2.37. The molecule has 3 atom stereocenters. The van der Waals surface area contributed by atoms with Gasteiger partial charge in [0.1, 0.15) is 11.4 Å². The zero-order chi connectivity index (χ0) is 15.1. The molecule has 1 aromatic rings. The minimum Gasteiger partial charge on any atom is -0.460 e. The number of anilines is 1. The Hall–Kier alpha value is -1.72. The second kappa shape index (κ2) is 5.00. The van der Waals surface area contributed by atoms with Gasteiger partial charge in [-0.2, -0.15) is 0 Å². The molecule has 0 saturated heterocycles. The topological polar surface area (TPSA) is 76.1 Å². The highest BCUT2D eigenvalue weighted by molar-refractivity contribution is 5.70. The van der Waals surface area contributed by atoms with Crippen molar-refractivity contribution in [2.45, 2.75) is 58.7 Å². The Balaban J connectivity index is 2.13. The highest BCUT2D eigenvalue weighted by Gasteiger charge is 2.34. The Morgan fingerprint density at radius 1 is 1.40 bits per heavy atom. The molecule has 1 aromatic heterocycles. The van der Waals surface area contributed by atoms with E-state index in [4.69, 9.17) is 4.74 Å². The van der Waals surface area contributed by atoms with Crippen LogP contribution in [0.15, 0.2) is 10.9 Å². The molecule has 1 aliphatic heterocycles. The van der Waals surface area contributed by atoms with Gasteiger partial charge in [-0.25, -0.2) is 0 Å². The van der Waals surface area contributed by atoms with Crippen molar-refractivity contribution in [2.75, 3.05) is 5.32 Å². The number of nitrogens with one attached hydrogen (secondary N) is 2. The van der Waals surface area contributed by atoms with Crippen molar-refractivity contribution in [3.63, 3.8) is 0 Å². The Morgan fingerprint density at radius 2 is 2.05 bits per heavy atom. The van der Waals surface area contributed by atoms with Crippen molar-refractivity contribution in [1.29, 1.82) is 0 Å². The van der Waals surface area contributed by atoms with Crippen LogP contribution in [-0.4, -0.2) is 27.4 Å². The van der Waals surface area contributed by atoms with Gasteiger partial charge < -0.3 is 10.1 Å². The summed E-state index contributed by atoms with van der Waals surface area (Å²) in [5, 5.41) is 6.02. The SMILES string of the molecule is CC1Nc2cc(=O)[nH]n2C(C)C1CC(=O)OC(C)(C)C. The first-order valence-corrected chi connectivity index (χ1v) is 6.97. The van der Waals surface area contributed by atoms with E-state index in [1.807, 2.05) is 34.6 Å². The fourth-order valence-electron chi connectivity index (χ4n) is 2.71. The van der Waals surface area contributed by atoms with Crippen molar-refractivity contribution in [1.82, 2.24) is 9.78 Å². The average molecular weight is 281 g/mol. The monoisotopic (exact) mass is 281 g/mol. The molecule has 2 N–H and O–H groups in total. The van der Waals surface area contributed by atoms with E-state index in [-0.39, 0.29) is 29.5 Å². The third-order valence-corrected chi connectivity index (χ3v) is 3.63. The zero-order valence-electron chi connectivity index (χ0n) is 12.7. The van der Waals surface area contributed by atoms with Crippen molar-refractivity contribution >= 4 is 11.8 Å². The molecule has 6 nitrogen and oxygen atoms in total. The Morgan fingerprint density at radius 3 is 2.65 bits per heavy atom. The number of rotatable bonds is 2. The number of esters is 1. The van der Waals surface area contributed by atoms with Crippen LogP contribution >= 0.6 is 0 Å². The molecule has 1 aliphatic rings. The molecule has 0 radical (unpaired) electrons. The molecule has 3 unspecified atom stereocenters. The second-order valence-corrected chi connectivity index (χ2v) is 6.50. The number of fused-ring (bicyclic) bond motifs is 1. The fraction of sp³-hybridized carbons (Fsp3) is 0.714. The zero-order valence-corrected chi connectivity index (χ0v) is 12.7. The number of hydrogen-bond acceptors (Lipinski definition) is 4. The van der Waals surface area contributed by atoms with Gasteiger partial charge in [0, 0.05) is 18.0 Å². The number of nitrogens with zero attached hydrogens (tertiary/aromatic N) is 1. The van der Waals surface area contributed by atoms with Crippen molar-refractivity contribution < 1.29 is 9.53 Å². The van der Waals surface area contributed by atoms with Gasteiger partial charge in [0.15, 0.2) is 0 Å². The van der Waals surface area contributed by atoms with E-state index < -0.39 is 5.60 Å². The summed E-state index contributed by atoms with van der Waals surface area (Å²) in [4.78, 5) is 23.4. The molecule has 0 aliphatic carbocycles. The summed E-state index contributed by atoms with van der Waals surface area (Å²) in [5.41, 5.74) is -0.608. The fourth-order valence-corrected chi connectivity index (χ4v) is 2.71. The third kappa shape index (κ3) is 3.05. The first-order valence-electron chi connectivity index (χ1n) is 6.97. The number of aromatic amines is 1. The minimum absolute atomic E-state index is 0.0384. The van der Waals surface area contributed by atoms with E-state index in [0.717, 1.165) is 5.82 Å². The summed E-state index contributed by atoms with van der Waals surface area (Å²) in [7, 11) is 0. The van der Waals surface area contributed by atoms with E-state index in [2.05, 4.69) is 10.4 Å². The number of carbonyl (C=O) groups excluding carboxylic acids is 1. The molecule has 0 aromatic carbocycles. The summed E-state index contributed by atoms with van der Waals surface area (Å²) >= 11 is 0. The van der Waals surface area contributed by atoms with E-state index in [0.29, 0.717) is 6.42 Å². The molecule has 0 fully saturated rings. The molecule has 0 amide bonds. The van der Waals surface area contributed by atoms with Gasteiger partial charge in [0.05, 0.1) is 12.5 Å². The maximum Gasteiger partial charge on any atom is 0.306 e. The minimum atomic E-state index is -0.474. The van der Waals surface area contributed by atoms with Gasteiger partial charge in [-0.1, -0.05) is 0 Å². The third-order valence-electron chi connectivity index (χ3n) is 3.63. The van der Waals surface area contributed by atoms with Crippen LogP contribution in [0.5, 0.6) is 0 Å². The first-order chi connectivity index (χ1) is 9.17. The Kier molecular flexibility index (Phi) is 3.67. The van der Waals surface area contributed by atoms with E-state index in [1.165, 1.54) is 6.07 Å². The van der Waals surface area contributed by atoms with Crippen molar-refractivity contribution in [3.8, 4) is 0 Å². The predicted octanol–water partition coefficient (Wildman–Crippen LogP) is 1.90. The Labute approximate surface area is 118 Å². The van der Waals surface area contributed by atoms with E-state index in [1.54, 1.807) is 4.68 Å². The number of ether oxygens (including phenoxy) is 1. The molecule has 20 heavy (non-hydrogen) atoms. The summed E-state index contributed by atoms with van der Waals surface area (Å²) in [6.45, 7) is 9.60. The quantitative estimate of drug-likeness (QED) is 0.812. The highest BCUT2D eigenvalue weighted by Crippen LogP contribution is 2.33. The van der Waals surface area contributed by atoms with Crippen LogP contribution in [-0.2, 0) is 9.53 Å². The highest BCUT2D eigenvalue weighted by atomic mass is 16.6. The van der Waals surface area contributed by atoms with Crippen LogP contribution < -0.4 is 10.9 Å². The molecule has 112 valence electrons. The number of carbonyl (C=O) groups is 1. The van der Waals surface area contributed by atoms with E-state index >= 15 is 0 Å². The summed E-state index contributed by atoms with van der Waals surface area (Å²) in [5.74, 6) is 0.636. The molecule has 6 heteroatoms. The van der Waals surface area contributed by atoms with Crippen LogP contribution in [0.1, 0.15) is 47.1 Å². The summed E-state index contributed by atoms with van der Waals surface area (Å²) in [6.07, 6.45) is 0.326. The van der Waals surface area contributed by atoms with Gasteiger partial charge in [-0.3, -0.25) is 19.4 Å². The first kappa shape index (κ1) is 14.7. The van der Waals surface area contributed by atoms with Crippen molar-refractivity contribution in [2.24, 2.45) is 5.92 Å². The number of H-pyrrole nitrogens is 1. The van der Waals surface area contributed by atoms with Crippen LogP contribution in [0.25, 0.3) is 0 Å². The average Bonchev–Trinajstić information content (AvgIpc) is 2.62. The predicted molar refractivity (Wildman–Crippen MR) is 76.8 cm³/mol. The summed E-state index contributed by atoms with van der Waals surface area (Å²) < 4.78 is 7.17. The lowest BCUT2D eigenvalue weighted by atomic mass is 9.88. The number of hydrogen-bond donors (Lipinski definition) is 2. The molecular weight excluding hydrogens is 258 g/mol. The van der Waals surface area contributed by atoms with Crippen molar-refractivity contribution in [3.05, 3.63) is 16.4 Å². The molecular formula is C14H23N3O3. The maximum atomic E-state index is 12.0. The van der Waals surface area contributed by atoms with Gasteiger partial charge >= 0.3 is 5.97 Å². The van der Waals surface area contributed by atoms with Gasteiger partial charge in [0.25, 0.3) is 5.56 Å². The van der Waals surface area contributed by atoms with Crippen LogP contribution in [0, 0.1) is 5.92 Å². The molecule has 0 spiro atoms. The smallest absolute Gasteiger partial charge is 0.306 e. The molecule has 0 saturated carbocycles. The molecule has 0 bridgehead atoms. The largest absolute Gasteiger partial charge is 0.460 e. The second-order valence-electron chi connectivity index (χ2n) is 6.50. The van der Waals surface area contributed by atoms with Gasteiger partial charge in [0.2, 0.25) is 0 Å². The number of aromatic nitrogens is 2. The van der Waals surface area contributed by atoms with Crippen LogP contribution in [0.4, 0.5) is 5.82 Å². The Bertz CT molecular complexity index is 553.